The smallest absolute Gasteiger partial charge is 0.252 e. The number of nitrogens with zero attached hydrogens (tertiary/aromatic N) is 2. The third-order valence-electron chi connectivity index (χ3n) is 6.51. The van der Waals surface area contributed by atoms with E-state index in [0.717, 1.165) is 58.2 Å². The average molecular weight is 371 g/mol. The highest BCUT2D eigenvalue weighted by Gasteiger charge is 2.42. The van der Waals surface area contributed by atoms with Gasteiger partial charge in [-0.15, -0.1) is 0 Å². The molecule has 146 valence electrons. The Morgan fingerprint density at radius 2 is 2.07 bits per heavy atom. The van der Waals surface area contributed by atoms with Crippen LogP contribution in [0.5, 0.6) is 0 Å². The summed E-state index contributed by atoms with van der Waals surface area (Å²) in [5.74, 6) is 0.992. The van der Waals surface area contributed by atoms with Gasteiger partial charge in [-0.1, -0.05) is 6.42 Å². The standard InChI is InChI=1S/C21H29N3O3/c25-19(18-5-2-9-22-15-18)23-14-16-6-12-27-21(13-16)7-10-24(11-8-21)20(26)17-3-1-4-17/h2,5,9,15-17H,1,3-4,6-8,10-14H2,(H,23,25). The first-order chi connectivity index (χ1) is 13.2. The maximum Gasteiger partial charge on any atom is 0.252 e. The van der Waals surface area contributed by atoms with Crippen LogP contribution in [0.3, 0.4) is 0 Å². The zero-order valence-corrected chi connectivity index (χ0v) is 15.9. The second kappa shape index (κ2) is 7.97. The summed E-state index contributed by atoms with van der Waals surface area (Å²) in [6, 6.07) is 3.56. The van der Waals surface area contributed by atoms with E-state index < -0.39 is 0 Å². The highest BCUT2D eigenvalue weighted by molar-refractivity contribution is 5.93. The molecule has 27 heavy (non-hydrogen) atoms. The first-order valence-corrected chi connectivity index (χ1v) is 10.3. The van der Waals surface area contributed by atoms with Crippen molar-refractivity contribution in [3.05, 3.63) is 30.1 Å². The molecule has 1 saturated carbocycles. The lowest BCUT2D eigenvalue weighted by Crippen LogP contribution is -2.53. The minimum absolute atomic E-state index is 0.0652. The van der Waals surface area contributed by atoms with Crippen molar-refractivity contribution in [1.29, 1.82) is 0 Å². The largest absolute Gasteiger partial charge is 0.375 e. The zero-order valence-electron chi connectivity index (χ0n) is 15.9. The van der Waals surface area contributed by atoms with Gasteiger partial charge in [0.15, 0.2) is 0 Å². The van der Waals surface area contributed by atoms with Gasteiger partial charge in [0.25, 0.3) is 5.91 Å². The molecule has 4 rings (SSSR count). The van der Waals surface area contributed by atoms with Gasteiger partial charge in [0.05, 0.1) is 11.2 Å². The Bertz CT molecular complexity index is 667. The Morgan fingerprint density at radius 3 is 2.74 bits per heavy atom. The Labute approximate surface area is 160 Å². The maximum absolute atomic E-state index is 12.5. The number of piperidine rings is 1. The van der Waals surface area contributed by atoms with Crippen molar-refractivity contribution in [2.75, 3.05) is 26.2 Å². The number of nitrogens with one attached hydrogen (secondary N) is 1. The van der Waals surface area contributed by atoms with Crippen LogP contribution in [0, 0.1) is 11.8 Å². The van der Waals surface area contributed by atoms with Crippen LogP contribution < -0.4 is 5.32 Å². The molecule has 1 aliphatic carbocycles. The third-order valence-corrected chi connectivity index (χ3v) is 6.51. The molecule has 6 nitrogen and oxygen atoms in total. The molecule has 1 unspecified atom stereocenters. The maximum atomic E-state index is 12.5. The Hall–Kier alpha value is -1.95. The Morgan fingerprint density at radius 1 is 1.26 bits per heavy atom. The number of carbonyl (C=O) groups excluding carboxylic acids is 2. The lowest BCUT2D eigenvalue weighted by Gasteiger charge is -2.47. The number of rotatable bonds is 4. The fraction of sp³-hybridized carbons (Fsp3) is 0.667. The molecule has 0 bridgehead atoms. The van der Waals surface area contributed by atoms with Crippen molar-refractivity contribution in [3.63, 3.8) is 0 Å². The summed E-state index contributed by atoms with van der Waals surface area (Å²) in [7, 11) is 0. The predicted molar refractivity (Wildman–Crippen MR) is 101 cm³/mol. The van der Waals surface area contributed by atoms with E-state index in [9.17, 15) is 9.59 Å². The van der Waals surface area contributed by atoms with E-state index in [4.69, 9.17) is 4.74 Å². The monoisotopic (exact) mass is 371 g/mol. The molecular weight excluding hydrogens is 342 g/mol. The highest BCUT2D eigenvalue weighted by Crippen LogP contribution is 2.38. The molecule has 1 N–H and O–H groups in total. The number of aromatic nitrogens is 1. The van der Waals surface area contributed by atoms with E-state index in [1.165, 1.54) is 6.42 Å². The van der Waals surface area contributed by atoms with Gasteiger partial charge in [0.2, 0.25) is 5.91 Å². The lowest BCUT2D eigenvalue weighted by atomic mass is 9.78. The summed E-state index contributed by atoms with van der Waals surface area (Å²) in [5.41, 5.74) is 0.486. The molecule has 1 aromatic rings. The van der Waals surface area contributed by atoms with Gasteiger partial charge in [0, 0.05) is 44.6 Å². The molecule has 2 amide bonds. The highest BCUT2D eigenvalue weighted by atomic mass is 16.5. The Balaban J connectivity index is 1.27. The van der Waals surface area contributed by atoms with Crippen LogP contribution in [-0.2, 0) is 9.53 Å². The normalized spacial score (nSPS) is 25.0. The summed E-state index contributed by atoms with van der Waals surface area (Å²) in [6.45, 7) is 3.03. The fourth-order valence-corrected chi connectivity index (χ4v) is 4.54. The number of pyridine rings is 1. The van der Waals surface area contributed by atoms with E-state index >= 15 is 0 Å². The second-order valence-corrected chi connectivity index (χ2v) is 8.30. The number of ether oxygens (including phenoxy) is 1. The number of amides is 2. The number of hydrogen-bond acceptors (Lipinski definition) is 4. The fourth-order valence-electron chi connectivity index (χ4n) is 4.54. The number of likely N-dealkylation sites (tertiary alicyclic amines) is 1. The first-order valence-electron chi connectivity index (χ1n) is 10.3. The van der Waals surface area contributed by atoms with Crippen molar-refractivity contribution >= 4 is 11.8 Å². The molecule has 1 spiro atoms. The molecule has 1 atom stereocenters. The molecule has 0 radical (unpaired) electrons. The van der Waals surface area contributed by atoms with Gasteiger partial charge in [-0.05, 0) is 56.6 Å². The van der Waals surface area contributed by atoms with Gasteiger partial charge >= 0.3 is 0 Å². The van der Waals surface area contributed by atoms with Crippen LogP contribution in [-0.4, -0.2) is 53.5 Å². The van der Waals surface area contributed by atoms with Crippen molar-refractivity contribution in [2.24, 2.45) is 11.8 Å². The first kappa shape index (κ1) is 18.4. The zero-order chi connectivity index (χ0) is 18.7. The van der Waals surface area contributed by atoms with Crippen LogP contribution in [0.1, 0.15) is 55.3 Å². The molecule has 6 heteroatoms. The lowest BCUT2D eigenvalue weighted by molar-refractivity contribution is -0.152. The Kier molecular flexibility index (Phi) is 5.43. The summed E-state index contributed by atoms with van der Waals surface area (Å²) in [6.07, 6.45) is 10.4. The summed E-state index contributed by atoms with van der Waals surface area (Å²) >= 11 is 0. The van der Waals surface area contributed by atoms with E-state index in [1.54, 1.807) is 24.5 Å². The van der Waals surface area contributed by atoms with Crippen LogP contribution in [0.15, 0.2) is 24.5 Å². The average Bonchev–Trinajstić information content (AvgIpc) is 2.66. The number of carbonyl (C=O) groups is 2. The van der Waals surface area contributed by atoms with Crippen LogP contribution in [0.2, 0.25) is 0 Å². The van der Waals surface area contributed by atoms with E-state index in [2.05, 4.69) is 10.3 Å². The minimum Gasteiger partial charge on any atom is -0.375 e. The van der Waals surface area contributed by atoms with Gasteiger partial charge in [0.1, 0.15) is 0 Å². The van der Waals surface area contributed by atoms with E-state index in [1.807, 2.05) is 4.90 Å². The minimum atomic E-state index is -0.113. The molecule has 3 aliphatic rings. The van der Waals surface area contributed by atoms with Crippen molar-refractivity contribution in [3.8, 4) is 0 Å². The molecule has 3 heterocycles. The molecular formula is C21H29N3O3. The molecule has 3 fully saturated rings. The predicted octanol–water partition coefficient (Wildman–Crippen LogP) is 2.40. The molecule has 2 aliphatic heterocycles. The SMILES string of the molecule is O=C(NCC1CCOC2(CCN(C(=O)C3CCC3)CC2)C1)c1cccnc1. The van der Waals surface area contributed by atoms with Gasteiger partial charge in [-0.3, -0.25) is 14.6 Å². The van der Waals surface area contributed by atoms with Gasteiger partial charge in [-0.2, -0.15) is 0 Å². The summed E-state index contributed by atoms with van der Waals surface area (Å²) < 4.78 is 6.20. The summed E-state index contributed by atoms with van der Waals surface area (Å²) in [4.78, 5) is 30.8. The quantitative estimate of drug-likeness (QED) is 0.882. The number of hydrogen-bond donors (Lipinski definition) is 1. The molecule has 0 aromatic carbocycles. The molecule has 1 aromatic heterocycles. The summed E-state index contributed by atoms with van der Waals surface area (Å²) in [5, 5.41) is 3.05. The van der Waals surface area contributed by atoms with Crippen molar-refractivity contribution in [2.45, 2.75) is 50.5 Å². The third kappa shape index (κ3) is 4.15. The van der Waals surface area contributed by atoms with Crippen LogP contribution in [0.25, 0.3) is 0 Å². The van der Waals surface area contributed by atoms with Gasteiger partial charge < -0.3 is 15.0 Å². The van der Waals surface area contributed by atoms with E-state index in [-0.39, 0.29) is 17.4 Å². The van der Waals surface area contributed by atoms with Crippen LogP contribution in [0.4, 0.5) is 0 Å². The second-order valence-electron chi connectivity index (χ2n) is 8.30. The molecule has 2 saturated heterocycles. The van der Waals surface area contributed by atoms with Gasteiger partial charge in [-0.25, -0.2) is 0 Å². The van der Waals surface area contributed by atoms with Crippen LogP contribution >= 0.6 is 0 Å². The van der Waals surface area contributed by atoms with Crippen molar-refractivity contribution < 1.29 is 14.3 Å². The van der Waals surface area contributed by atoms with E-state index in [0.29, 0.717) is 23.9 Å². The topological polar surface area (TPSA) is 71.5 Å². The van der Waals surface area contributed by atoms with Crippen molar-refractivity contribution in [1.82, 2.24) is 15.2 Å².